The van der Waals surface area contributed by atoms with Crippen molar-refractivity contribution < 1.29 is 9.53 Å². The molecule has 4 nitrogen and oxygen atoms in total. The molecule has 0 spiro atoms. The lowest BCUT2D eigenvalue weighted by atomic mass is 9.87. The van der Waals surface area contributed by atoms with Gasteiger partial charge in [0.05, 0.1) is 13.2 Å². The van der Waals surface area contributed by atoms with Crippen LogP contribution >= 0.6 is 0 Å². The van der Waals surface area contributed by atoms with Gasteiger partial charge >= 0.3 is 5.97 Å². The van der Waals surface area contributed by atoms with Gasteiger partial charge in [-0.15, -0.1) is 0 Å². The first-order valence-electron chi connectivity index (χ1n) is 10.7. The van der Waals surface area contributed by atoms with Crippen molar-refractivity contribution in [2.45, 2.75) is 25.0 Å². The summed E-state index contributed by atoms with van der Waals surface area (Å²) in [5.41, 5.74) is 6.05. The molecule has 0 radical (unpaired) electrons. The van der Waals surface area contributed by atoms with Crippen LogP contribution in [0.3, 0.4) is 0 Å². The van der Waals surface area contributed by atoms with Crippen molar-refractivity contribution in [2.24, 2.45) is 7.05 Å². The normalized spacial score (nSPS) is 18.6. The second-order valence-electron chi connectivity index (χ2n) is 8.15. The molecule has 0 N–H and O–H groups in total. The standard InChI is InChI=1S/C27H26N2O2/c1-28-23-16-10-9-15-21(23)22-17-24(27(30)31-2)29(18-19-11-5-3-6-12-19)25(26(22)28)20-13-7-4-8-14-20/h3-16,24-25H,17-18H2,1-2H3/t24-,25+/m0/s1. The summed E-state index contributed by atoms with van der Waals surface area (Å²) in [6.07, 6.45) is 0.638. The summed E-state index contributed by atoms with van der Waals surface area (Å²) >= 11 is 0. The van der Waals surface area contributed by atoms with Crippen molar-refractivity contribution in [2.75, 3.05) is 7.11 Å². The molecule has 4 aromatic rings. The smallest absolute Gasteiger partial charge is 0.323 e. The number of nitrogens with zero attached hydrogens (tertiary/aromatic N) is 2. The maximum atomic E-state index is 13.0. The lowest BCUT2D eigenvalue weighted by Gasteiger charge is -2.41. The van der Waals surface area contributed by atoms with E-state index in [1.807, 2.05) is 24.3 Å². The Morgan fingerprint density at radius 3 is 2.29 bits per heavy atom. The number of fused-ring (bicyclic) bond motifs is 3. The third-order valence-corrected chi connectivity index (χ3v) is 6.45. The number of carbonyl (C=O) groups excluding carboxylic acids is 1. The van der Waals surface area contributed by atoms with Crippen molar-refractivity contribution in [1.82, 2.24) is 9.47 Å². The minimum Gasteiger partial charge on any atom is -0.468 e. The van der Waals surface area contributed by atoms with Crippen molar-refractivity contribution in [3.8, 4) is 0 Å². The number of hydrogen-bond acceptors (Lipinski definition) is 3. The molecule has 0 amide bonds. The fourth-order valence-corrected chi connectivity index (χ4v) is 5.04. The number of aryl methyl sites for hydroxylation is 1. The zero-order chi connectivity index (χ0) is 21.4. The Kier molecular flexibility index (Phi) is 5.08. The summed E-state index contributed by atoms with van der Waals surface area (Å²) in [5.74, 6) is -0.185. The van der Waals surface area contributed by atoms with Crippen LogP contribution in [-0.2, 0) is 29.5 Å². The maximum absolute atomic E-state index is 13.0. The lowest BCUT2D eigenvalue weighted by Crippen LogP contribution is -2.49. The van der Waals surface area contributed by atoms with Crippen LogP contribution in [0.2, 0.25) is 0 Å². The minimum absolute atomic E-state index is 0.0494. The molecular weight excluding hydrogens is 384 g/mol. The van der Waals surface area contributed by atoms with Gasteiger partial charge in [-0.25, -0.2) is 0 Å². The highest BCUT2D eigenvalue weighted by Gasteiger charge is 2.42. The largest absolute Gasteiger partial charge is 0.468 e. The number of esters is 1. The number of aromatic nitrogens is 1. The van der Waals surface area contributed by atoms with Crippen LogP contribution in [0.25, 0.3) is 10.9 Å². The van der Waals surface area contributed by atoms with Crippen LogP contribution in [0.4, 0.5) is 0 Å². The van der Waals surface area contributed by atoms with Gasteiger partial charge in [0.1, 0.15) is 6.04 Å². The molecule has 1 aliphatic rings. The second-order valence-corrected chi connectivity index (χ2v) is 8.15. The van der Waals surface area contributed by atoms with Gasteiger partial charge in [0.15, 0.2) is 0 Å². The molecular formula is C27H26N2O2. The van der Waals surface area contributed by atoms with Crippen LogP contribution in [-0.4, -0.2) is 28.6 Å². The third-order valence-electron chi connectivity index (χ3n) is 6.45. The number of para-hydroxylation sites is 1. The van der Waals surface area contributed by atoms with E-state index in [0.29, 0.717) is 13.0 Å². The number of hydrogen-bond donors (Lipinski definition) is 0. The fourth-order valence-electron chi connectivity index (χ4n) is 5.04. The van der Waals surface area contributed by atoms with Gasteiger partial charge in [-0.2, -0.15) is 0 Å². The molecule has 31 heavy (non-hydrogen) atoms. The number of methoxy groups -OCH3 is 1. The van der Waals surface area contributed by atoms with Gasteiger partial charge in [0, 0.05) is 36.6 Å². The van der Waals surface area contributed by atoms with Crippen molar-refractivity contribution in [3.63, 3.8) is 0 Å². The molecule has 3 aromatic carbocycles. The van der Waals surface area contributed by atoms with Gasteiger partial charge < -0.3 is 9.30 Å². The van der Waals surface area contributed by atoms with Crippen LogP contribution < -0.4 is 0 Å². The van der Waals surface area contributed by atoms with Gasteiger partial charge in [-0.1, -0.05) is 78.9 Å². The van der Waals surface area contributed by atoms with E-state index in [1.165, 1.54) is 40.4 Å². The van der Waals surface area contributed by atoms with E-state index >= 15 is 0 Å². The van der Waals surface area contributed by atoms with Crippen LogP contribution in [0.15, 0.2) is 84.9 Å². The Morgan fingerprint density at radius 1 is 0.935 bits per heavy atom. The summed E-state index contributed by atoms with van der Waals surface area (Å²) in [4.78, 5) is 15.3. The number of rotatable bonds is 4. The Balaban J connectivity index is 1.75. The predicted molar refractivity (Wildman–Crippen MR) is 123 cm³/mol. The molecule has 4 heteroatoms. The fraction of sp³-hybridized carbons (Fsp3) is 0.222. The summed E-state index contributed by atoms with van der Waals surface area (Å²) in [6.45, 7) is 0.668. The summed E-state index contributed by atoms with van der Waals surface area (Å²) in [7, 11) is 3.62. The average Bonchev–Trinajstić information content (AvgIpc) is 3.11. The molecule has 156 valence electrons. The van der Waals surface area contributed by atoms with Crippen molar-refractivity contribution in [3.05, 3.63) is 107 Å². The van der Waals surface area contributed by atoms with E-state index in [0.717, 1.165) is 0 Å². The molecule has 0 aliphatic carbocycles. The first-order valence-corrected chi connectivity index (χ1v) is 10.7. The van der Waals surface area contributed by atoms with Gasteiger partial charge in [-0.3, -0.25) is 9.69 Å². The number of benzene rings is 3. The first-order chi connectivity index (χ1) is 15.2. The highest BCUT2D eigenvalue weighted by Crippen LogP contribution is 2.43. The quantitative estimate of drug-likeness (QED) is 0.450. The van der Waals surface area contributed by atoms with Crippen molar-refractivity contribution in [1.29, 1.82) is 0 Å². The van der Waals surface area contributed by atoms with Crippen LogP contribution in [0, 0.1) is 0 Å². The predicted octanol–water partition coefficient (Wildman–Crippen LogP) is 4.87. The Bertz CT molecular complexity index is 1210. The lowest BCUT2D eigenvalue weighted by molar-refractivity contribution is -0.148. The van der Waals surface area contributed by atoms with E-state index < -0.39 is 0 Å². The molecule has 0 bridgehead atoms. The zero-order valence-electron chi connectivity index (χ0n) is 17.9. The van der Waals surface area contributed by atoms with Gasteiger partial charge in [0.2, 0.25) is 0 Å². The number of carbonyl (C=O) groups is 1. The topological polar surface area (TPSA) is 34.5 Å². The molecule has 2 atom stereocenters. The van der Waals surface area contributed by atoms with E-state index in [2.05, 4.69) is 77.2 Å². The summed E-state index contributed by atoms with van der Waals surface area (Å²) in [5, 5.41) is 1.22. The molecule has 5 rings (SSSR count). The van der Waals surface area contributed by atoms with Gasteiger partial charge in [0.25, 0.3) is 0 Å². The van der Waals surface area contributed by atoms with E-state index in [-0.39, 0.29) is 18.1 Å². The van der Waals surface area contributed by atoms with Gasteiger partial charge in [-0.05, 0) is 22.8 Å². The highest BCUT2D eigenvalue weighted by molar-refractivity contribution is 5.88. The number of ether oxygens (including phenoxy) is 1. The first kappa shape index (κ1) is 19.6. The molecule has 2 heterocycles. The van der Waals surface area contributed by atoms with E-state index in [1.54, 1.807) is 0 Å². The molecule has 1 aromatic heterocycles. The van der Waals surface area contributed by atoms with Crippen molar-refractivity contribution >= 4 is 16.9 Å². The molecule has 0 saturated heterocycles. The Hall–Kier alpha value is -3.37. The Labute approximate surface area is 182 Å². The molecule has 1 aliphatic heterocycles. The highest BCUT2D eigenvalue weighted by atomic mass is 16.5. The second kappa shape index (κ2) is 8.05. The van der Waals surface area contributed by atoms with E-state index in [9.17, 15) is 4.79 Å². The van der Waals surface area contributed by atoms with Crippen LogP contribution in [0.5, 0.6) is 0 Å². The molecule has 0 fully saturated rings. The summed E-state index contributed by atoms with van der Waals surface area (Å²) < 4.78 is 7.59. The van der Waals surface area contributed by atoms with E-state index in [4.69, 9.17) is 4.74 Å². The molecule has 0 unspecified atom stereocenters. The SMILES string of the molecule is COC(=O)[C@@H]1Cc2c(n(C)c3ccccc23)[C@@H](c2ccccc2)N1Cc1ccccc1. The minimum atomic E-state index is -0.353. The maximum Gasteiger partial charge on any atom is 0.323 e. The monoisotopic (exact) mass is 410 g/mol. The molecule has 0 saturated carbocycles. The zero-order valence-corrected chi connectivity index (χ0v) is 17.9. The third kappa shape index (κ3) is 3.33. The summed E-state index contributed by atoms with van der Waals surface area (Å²) in [6, 6.07) is 28.9. The van der Waals surface area contributed by atoms with Crippen LogP contribution in [0.1, 0.15) is 28.4 Å². The Morgan fingerprint density at radius 2 is 1.58 bits per heavy atom. The average molecular weight is 411 g/mol.